The first-order valence-corrected chi connectivity index (χ1v) is 7.00. The lowest BCUT2D eigenvalue weighted by Gasteiger charge is -2.17. The molecule has 0 saturated heterocycles. The molecule has 0 aliphatic carbocycles. The third kappa shape index (κ3) is 4.30. The summed E-state index contributed by atoms with van der Waals surface area (Å²) in [7, 11) is 0. The highest BCUT2D eigenvalue weighted by molar-refractivity contribution is 5.80. The number of hydrogen-bond donors (Lipinski definition) is 2. The SMILES string of the molecule is CC(Oc1ccccc1)C(=O)NCC(O)c1ccccc1F. The number of amides is 1. The van der Waals surface area contributed by atoms with E-state index in [4.69, 9.17) is 4.74 Å². The van der Waals surface area contributed by atoms with E-state index in [-0.39, 0.29) is 18.0 Å². The fourth-order valence-electron chi connectivity index (χ4n) is 1.95. The number of ether oxygens (including phenoxy) is 1. The van der Waals surface area contributed by atoms with E-state index < -0.39 is 18.0 Å². The topological polar surface area (TPSA) is 58.6 Å². The first-order valence-electron chi connectivity index (χ1n) is 7.00. The van der Waals surface area contributed by atoms with E-state index in [1.165, 1.54) is 12.1 Å². The molecule has 0 aromatic heterocycles. The average molecular weight is 303 g/mol. The van der Waals surface area contributed by atoms with Gasteiger partial charge in [-0.1, -0.05) is 36.4 Å². The highest BCUT2D eigenvalue weighted by Gasteiger charge is 2.17. The Morgan fingerprint density at radius 3 is 2.50 bits per heavy atom. The molecule has 116 valence electrons. The van der Waals surface area contributed by atoms with Crippen LogP contribution in [0.1, 0.15) is 18.6 Å². The highest BCUT2D eigenvalue weighted by Crippen LogP contribution is 2.16. The minimum absolute atomic E-state index is 0.0811. The molecule has 0 aliphatic heterocycles. The maximum atomic E-state index is 13.5. The first-order chi connectivity index (χ1) is 10.6. The van der Waals surface area contributed by atoms with E-state index in [9.17, 15) is 14.3 Å². The van der Waals surface area contributed by atoms with Crippen LogP contribution in [-0.4, -0.2) is 23.7 Å². The van der Waals surface area contributed by atoms with Gasteiger partial charge in [0.25, 0.3) is 5.91 Å². The monoisotopic (exact) mass is 303 g/mol. The quantitative estimate of drug-likeness (QED) is 0.862. The number of aliphatic hydroxyl groups is 1. The third-order valence-corrected chi connectivity index (χ3v) is 3.16. The van der Waals surface area contributed by atoms with E-state index in [2.05, 4.69) is 5.32 Å². The van der Waals surface area contributed by atoms with E-state index in [0.717, 1.165) is 0 Å². The van der Waals surface area contributed by atoms with Crippen LogP contribution in [0.4, 0.5) is 4.39 Å². The number of benzene rings is 2. The lowest BCUT2D eigenvalue weighted by molar-refractivity contribution is -0.127. The number of nitrogens with one attached hydrogen (secondary N) is 1. The van der Waals surface area contributed by atoms with Crippen LogP contribution in [-0.2, 0) is 4.79 Å². The molecule has 1 amide bonds. The first kappa shape index (κ1) is 16.0. The third-order valence-electron chi connectivity index (χ3n) is 3.16. The van der Waals surface area contributed by atoms with Gasteiger partial charge >= 0.3 is 0 Å². The Kier molecular flexibility index (Phi) is 5.49. The largest absolute Gasteiger partial charge is 0.481 e. The molecule has 0 fully saturated rings. The second-order valence-corrected chi connectivity index (χ2v) is 4.86. The van der Waals surface area contributed by atoms with Gasteiger partial charge in [0.15, 0.2) is 6.10 Å². The van der Waals surface area contributed by atoms with Gasteiger partial charge in [-0.15, -0.1) is 0 Å². The molecule has 0 aliphatic rings. The zero-order valence-corrected chi connectivity index (χ0v) is 12.2. The number of aliphatic hydroxyl groups excluding tert-OH is 1. The van der Waals surface area contributed by atoms with E-state index >= 15 is 0 Å². The second-order valence-electron chi connectivity index (χ2n) is 4.86. The van der Waals surface area contributed by atoms with Gasteiger partial charge in [-0.3, -0.25) is 4.79 Å². The van der Waals surface area contributed by atoms with Crippen LogP contribution in [0, 0.1) is 5.82 Å². The van der Waals surface area contributed by atoms with Gasteiger partial charge in [-0.2, -0.15) is 0 Å². The van der Waals surface area contributed by atoms with Gasteiger partial charge in [0.1, 0.15) is 11.6 Å². The molecule has 0 saturated carbocycles. The van der Waals surface area contributed by atoms with Gasteiger partial charge < -0.3 is 15.2 Å². The molecule has 0 heterocycles. The van der Waals surface area contributed by atoms with Crippen molar-refractivity contribution in [2.45, 2.75) is 19.1 Å². The van der Waals surface area contributed by atoms with Gasteiger partial charge in [0, 0.05) is 12.1 Å². The minimum Gasteiger partial charge on any atom is -0.481 e. The number of rotatable bonds is 6. The van der Waals surface area contributed by atoms with Crippen LogP contribution in [0.2, 0.25) is 0 Å². The Bertz CT molecular complexity index is 618. The Morgan fingerprint density at radius 2 is 1.82 bits per heavy atom. The predicted molar refractivity (Wildman–Crippen MR) is 80.9 cm³/mol. The van der Waals surface area contributed by atoms with Gasteiger partial charge in [-0.05, 0) is 25.1 Å². The summed E-state index contributed by atoms with van der Waals surface area (Å²) >= 11 is 0. The van der Waals surface area contributed by atoms with Gasteiger partial charge in [0.2, 0.25) is 0 Å². The number of hydrogen-bond acceptors (Lipinski definition) is 3. The van der Waals surface area contributed by atoms with Gasteiger partial charge in [0.05, 0.1) is 6.10 Å². The van der Waals surface area contributed by atoms with Crippen LogP contribution in [0.25, 0.3) is 0 Å². The van der Waals surface area contributed by atoms with Crippen molar-refractivity contribution < 1.29 is 19.0 Å². The van der Waals surface area contributed by atoms with Crippen molar-refractivity contribution in [1.82, 2.24) is 5.32 Å². The van der Waals surface area contributed by atoms with Crippen molar-refractivity contribution in [2.24, 2.45) is 0 Å². The van der Waals surface area contributed by atoms with Crippen LogP contribution >= 0.6 is 0 Å². The number of carbonyl (C=O) groups excluding carboxylic acids is 1. The molecule has 0 spiro atoms. The Labute approximate surface area is 128 Å². The molecule has 2 N–H and O–H groups in total. The lowest BCUT2D eigenvalue weighted by Crippen LogP contribution is -2.38. The van der Waals surface area contributed by atoms with Crippen molar-refractivity contribution in [3.63, 3.8) is 0 Å². The summed E-state index contributed by atoms with van der Waals surface area (Å²) in [5.41, 5.74) is 0.152. The van der Waals surface area contributed by atoms with Crippen LogP contribution in [0.15, 0.2) is 54.6 Å². The number of carbonyl (C=O) groups is 1. The predicted octanol–water partition coefficient (Wildman–Crippen LogP) is 2.44. The molecule has 2 aromatic rings. The molecule has 2 rings (SSSR count). The summed E-state index contributed by atoms with van der Waals surface area (Å²) in [6, 6.07) is 14.9. The Hall–Kier alpha value is -2.40. The van der Waals surface area contributed by atoms with Crippen molar-refractivity contribution >= 4 is 5.91 Å². The van der Waals surface area contributed by atoms with Crippen LogP contribution in [0.3, 0.4) is 0 Å². The zero-order chi connectivity index (χ0) is 15.9. The maximum absolute atomic E-state index is 13.5. The average Bonchev–Trinajstić information content (AvgIpc) is 2.53. The van der Waals surface area contributed by atoms with Crippen LogP contribution < -0.4 is 10.1 Å². The maximum Gasteiger partial charge on any atom is 0.260 e. The smallest absolute Gasteiger partial charge is 0.260 e. The standard InChI is InChI=1S/C17H18FNO3/c1-12(22-13-7-3-2-4-8-13)17(21)19-11-16(20)14-9-5-6-10-15(14)18/h2-10,12,16,20H,11H2,1H3,(H,19,21). The molecular weight excluding hydrogens is 285 g/mol. The molecular formula is C17H18FNO3. The fraction of sp³-hybridized carbons (Fsp3) is 0.235. The van der Waals surface area contributed by atoms with E-state index in [1.54, 1.807) is 31.2 Å². The van der Waals surface area contributed by atoms with Crippen molar-refractivity contribution in [3.8, 4) is 5.75 Å². The molecule has 0 bridgehead atoms. The van der Waals surface area contributed by atoms with Crippen LogP contribution in [0.5, 0.6) is 5.75 Å². The fourth-order valence-corrected chi connectivity index (χ4v) is 1.95. The molecule has 2 unspecified atom stereocenters. The van der Waals surface area contributed by atoms with Crippen molar-refractivity contribution in [1.29, 1.82) is 0 Å². The summed E-state index contributed by atoms with van der Waals surface area (Å²) in [5.74, 6) is -0.295. The Balaban J connectivity index is 1.86. The van der Waals surface area contributed by atoms with Gasteiger partial charge in [-0.25, -0.2) is 4.39 Å². The summed E-state index contributed by atoms with van der Waals surface area (Å²) < 4.78 is 19.0. The molecule has 0 radical (unpaired) electrons. The number of halogens is 1. The normalized spacial score (nSPS) is 13.2. The Morgan fingerprint density at radius 1 is 1.18 bits per heavy atom. The number of para-hydroxylation sites is 1. The molecule has 2 aromatic carbocycles. The summed E-state index contributed by atoms with van der Waals surface area (Å²) in [6.07, 6.45) is -1.82. The highest BCUT2D eigenvalue weighted by atomic mass is 19.1. The van der Waals surface area contributed by atoms with Crippen molar-refractivity contribution in [3.05, 3.63) is 66.0 Å². The summed E-state index contributed by atoms with van der Waals surface area (Å²) in [6.45, 7) is 1.53. The summed E-state index contributed by atoms with van der Waals surface area (Å²) in [4.78, 5) is 11.9. The lowest BCUT2D eigenvalue weighted by atomic mass is 10.1. The molecule has 4 nitrogen and oxygen atoms in total. The molecule has 5 heteroatoms. The van der Waals surface area contributed by atoms with E-state index in [1.807, 2.05) is 18.2 Å². The molecule has 22 heavy (non-hydrogen) atoms. The van der Waals surface area contributed by atoms with Crippen molar-refractivity contribution in [2.75, 3.05) is 6.54 Å². The molecule has 2 atom stereocenters. The minimum atomic E-state index is -1.10. The zero-order valence-electron chi connectivity index (χ0n) is 12.2. The summed E-state index contributed by atoms with van der Waals surface area (Å²) in [5, 5.41) is 12.5. The second kappa shape index (κ2) is 7.56. The van der Waals surface area contributed by atoms with E-state index in [0.29, 0.717) is 5.75 Å².